The topological polar surface area (TPSA) is 43.4 Å². The van der Waals surface area contributed by atoms with Crippen LogP contribution in [0.15, 0.2) is 340 Å². The predicted molar refractivity (Wildman–Crippen MR) is 543 cm³/mol. The van der Waals surface area contributed by atoms with Gasteiger partial charge in [-0.1, -0.05) is 591 Å². The molecule has 0 heterocycles. The van der Waals surface area contributed by atoms with Crippen LogP contribution in [-0.2, 0) is 0 Å². The zero-order valence-corrected chi connectivity index (χ0v) is 82.6. The molecule has 0 saturated carbocycles. The Labute approximate surface area is 718 Å². The quantitative estimate of drug-likeness (QED) is 0.166. The highest BCUT2D eigenvalue weighted by atomic mass is 16.5. The lowest BCUT2D eigenvalue weighted by Crippen LogP contribution is -1.88. The first-order chi connectivity index (χ1) is 56.4. The molecule has 0 amide bonds. The van der Waals surface area contributed by atoms with Crippen molar-refractivity contribution in [3.8, 4) is 5.75 Å². The molecule has 0 unspecified atom stereocenters. The van der Waals surface area contributed by atoms with Crippen LogP contribution in [0.4, 0.5) is 0 Å². The van der Waals surface area contributed by atoms with E-state index in [1.807, 2.05) is 417 Å². The smallest absolute Gasteiger partial charge is 0.159 e. The normalized spacial score (nSPS) is 7.29. The average Bonchev–Trinajstić information content (AvgIpc) is 0.877. The van der Waals surface area contributed by atoms with E-state index in [1.54, 1.807) is 21.0 Å². The molecule has 0 atom stereocenters. The minimum absolute atomic E-state index is 0.121. The van der Waals surface area contributed by atoms with E-state index in [0.29, 0.717) is 0 Å². The molecule has 3 heteroatoms. The lowest BCUT2D eigenvalue weighted by molar-refractivity contribution is 0.100. The summed E-state index contributed by atoms with van der Waals surface area (Å²) in [6, 6.07) is 113. The van der Waals surface area contributed by atoms with Gasteiger partial charge in [0.1, 0.15) is 5.75 Å². The summed E-state index contributed by atoms with van der Waals surface area (Å²) in [7, 11) is 1.66. The summed E-state index contributed by atoms with van der Waals surface area (Å²) in [6.45, 7) is 81.5. The van der Waals surface area contributed by atoms with E-state index in [4.69, 9.17) is 4.74 Å². The third kappa shape index (κ3) is 109. The number of hydrogen-bond donors (Lipinski definition) is 0. The van der Waals surface area contributed by atoms with Crippen LogP contribution >= 0.6 is 0 Å². The second-order valence-electron chi connectivity index (χ2n) is 18.3. The van der Waals surface area contributed by atoms with Gasteiger partial charge in [0.2, 0.25) is 0 Å². The fraction of sp³-hybridized carbons (Fsp3) is 0.375. The van der Waals surface area contributed by atoms with Crippen LogP contribution < -0.4 is 4.74 Å². The van der Waals surface area contributed by atoms with E-state index in [9.17, 15) is 9.59 Å². The van der Waals surface area contributed by atoms with Gasteiger partial charge in [0.15, 0.2) is 11.6 Å². The number of para-hydroxylation sites is 1. The lowest BCUT2D eigenvalue weighted by atomic mass is 10.1. The molecule has 0 bridgehead atoms. The predicted octanol–water partition coefficient (Wildman–Crippen LogP) is 38.6. The number of methoxy groups -OCH3 is 1. The molecular formula is C112H182O3. The van der Waals surface area contributed by atoms with E-state index >= 15 is 0 Å². The lowest BCUT2D eigenvalue weighted by Gasteiger charge is -1.93. The first kappa shape index (κ1) is 140. The first-order valence-corrected chi connectivity index (χ1v) is 44.1. The highest BCUT2D eigenvalue weighted by Gasteiger charge is 1.94. The second kappa shape index (κ2) is 140. The number of rotatable bonds is 3. The maximum atomic E-state index is 10.6. The number of ketones is 2. The van der Waals surface area contributed by atoms with E-state index in [-0.39, 0.29) is 11.6 Å². The van der Waals surface area contributed by atoms with Gasteiger partial charge < -0.3 is 4.74 Å². The largest absolute Gasteiger partial charge is 0.497 e. The van der Waals surface area contributed by atoms with Crippen molar-refractivity contribution in [1.82, 2.24) is 0 Å². The fourth-order valence-corrected chi connectivity index (χ4v) is 6.84. The minimum atomic E-state index is 0.121. The Balaban J connectivity index is -0.0000000714. The molecule has 12 rings (SSSR count). The number of aryl methyl sites for hydroxylation is 5. The molecule has 3 nitrogen and oxygen atoms in total. The van der Waals surface area contributed by atoms with E-state index in [2.05, 4.69) is 192 Å². The van der Waals surface area contributed by atoms with Gasteiger partial charge in [-0.05, 0) is 82.1 Å². The molecule has 0 fully saturated rings. The fourth-order valence-electron chi connectivity index (χ4n) is 6.84. The van der Waals surface area contributed by atoms with E-state index < -0.39 is 0 Å². The summed E-state index contributed by atoms with van der Waals surface area (Å²) >= 11 is 0. The van der Waals surface area contributed by atoms with Crippen molar-refractivity contribution in [2.75, 3.05) is 7.11 Å². The second-order valence-corrected chi connectivity index (χ2v) is 18.3. The van der Waals surface area contributed by atoms with Gasteiger partial charge in [0, 0.05) is 11.1 Å². The summed E-state index contributed by atoms with van der Waals surface area (Å²) in [5.41, 5.74) is 8.16. The molecule has 0 spiro atoms. The monoisotopic (exact) mass is 1580 g/mol. The molecule has 115 heavy (non-hydrogen) atoms. The third-order valence-corrected chi connectivity index (χ3v) is 11.4. The SMILES string of the molecule is CC.CC.CC.CC.CC.CC.CC.CC.CC.CC.CC.CC.CC.CC.CC.CC.CC.CC(=O)c1ccccc1.CC(=O)c1ccccc1.COc1ccccc1.Cc1ccccc1.Cc1ccccc1.Cc1ccccc1.Cc1ccccc1.Cc1ccccc1.c1ccc2ccccc2c1.c1ccc2ccccc2c1. The van der Waals surface area contributed by atoms with Crippen LogP contribution in [-0.4, -0.2) is 18.7 Å². The molecule has 648 valence electrons. The number of carbonyl (C=O) groups excluding carboxylic acids is 2. The number of fused-ring (bicyclic) bond motifs is 2. The third-order valence-electron chi connectivity index (χ3n) is 11.4. The van der Waals surface area contributed by atoms with Gasteiger partial charge >= 0.3 is 0 Å². The zero-order valence-electron chi connectivity index (χ0n) is 82.6. The minimum Gasteiger partial charge on any atom is -0.497 e. The molecule has 12 aromatic rings. The van der Waals surface area contributed by atoms with E-state index in [1.165, 1.54) is 49.4 Å². The number of benzene rings is 12. The summed E-state index contributed by atoms with van der Waals surface area (Å²) in [6.07, 6.45) is 0. The highest BCUT2D eigenvalue weighted by molar-refractivity contribution is 5.94. The highest BCUT2D eigenvalue weighted by Crippen LogP contribution is 2.13. The van der Waals surface area contributed by atoms with Gasteiger partial charge in [0.25, 0.3) is 0 Å². The van der Waals surface area contributed by atoms with Crippen molar-refractivity contribution < 1.29 is 14.3 Å². The first-order valence-electron chi connectivity index (χ1n) is 44.1. The van der Waals surface area contributed by atoms with Crippen LogP contribution in [0, 0.1) is 34.6 Å². The van der Waals surface area contributed by atoms with Gasteiger partial charge in [-0.25, -0.2) is 0 Å². The number of carbonyl (C=O) groups is 2. The molecular weight excluding hydrogens is 1390 g/mol. The van der Waals surface area contributed by atoms with Crippen LogP contribution in [0.5, 0.6) is 5.75 Å². The maximum Gasteiger partial charge on any atom is 0.159 e. The Morgan fingerprint density at radius 3 is 0.348 bits per heavy atom. The van der Waals surface area contributed by atoms with Crippen molar-refractivity contribution in [1.29, 1.82) is 0 Å². The molecule has 0 aliphatic heterocycles. The standard InChI is InChI=1S/2C10H8.2C8H8O.C7H8O.5C7H8.17C2H6/c2*1-2-6-10-8-4-3-7-9(10)5-1;2*1-7(9)8-5-3-2-4-6-8;1-8-7-5-3-2-4-6-7;5*1-7-5-3-2-4-6-7;17*1-2/h2*1-8H;2*2-6H,1H3;2-6H,1H3;5*2-6H,1H3;17*1-2H3. The molecule has 12 aromatic carbocycles. The summed E-state index contributed by atoms with van der Waals surface area (Å²) in [4.78, 5) is 21.3. The average molecular weight is 1580 g/mol. The summed E-state index contributed by atoms with van der Waals surface area (Å²) in [5, 5.41) is 5.24. The Bertz CT molecular complexity index is 2940. The number of hydrogen-bond acceptors (Lipinski definition) is 3. The molecule has 0 aromatic heterocycles. The Hall–Kier alpha value is -9.70. The van der Waals surface area contributed by atoms with Crippen molar-refractivity contribution in [2.45, 2.75) is 284 Å². The van der Waals surface area contributed by atoms with Gasteiger partial charge in [0.05, 0.1) is 7.11 Å². The van der Waals surface area contributed by atoms with Crippen molar-refractivity contribution >= 4 is 33.1 Å². The Kier molecular flexibility index (Phi) is 170. The molecule has 0 aliphatic carbocycles. The molecule has 0 saturated heterocycles. The van der Waals surface area contributed by atoms with Crippen molar-refractivity contribution in [2.24, 2.45) is 0 Å². The van der Waals surface area contributed by atoms with Crippen LogP contribution in [0.3, 0.4) is 0 Å². The number of Topliss-reactive ketones (excluding diaryl/α,β-unsaturated/α-hetero) is 2. The maximum absolute atomic E-state index is 10.6. The Morgan fingerprint density at radius 1 is 0.165 bits per heavy atom. The van der Waals surface area contributed by atoms with Gasteiger partial charge in [-0.15, -0.1) is 0 Å². The van der Waals surface area contributed by atoms with Crippen molar-refractivity contribution in [3.05, 3.63) is 379 Å². The van der Waals surface area contributed by atoms with Gasteiger partial charge in [-0.3, -0.25) is 9.59 Å². The van der Waals surface area contributed by atoms with Crippen LogP contribution in [0.25, 0.3) is 21.5 Å². The summed E-state index contributed by atoms with van der Waals surface area (Å²) in [5.74, 6) is 1.15. The van der Waals surface area contributed by atoms with E-state index in [0.717, 1.165) is 16.9 Å². The molecule has 0 radical (unpaired) electrons. The molecule has 0 N–H and O–H groups in total. The van der Waals surface area contributed by atoms with Gasteiger partial charge in [-0.2, -0.15) is 0 Å². The zero-order chi connectivity index (χ0) is 92.4. The molecule has 0 aliphatic rings. The summed E-state index contributed by atoms with van der Waals surface area (Å²) < 4.78 is 4.91. The number of ether oxygens (including phenoxy) is 1. The van der Waals surface area contributed by atoms with Crippen LogP contribution in [0.2, 0.25) is 0 Å². The van der Waals surface area contributed by atoms with Crippen molar-refractivity contribution in [3.63, 3.8) is 0 Å². The van der Waals surface area contributed by atoms with Crippen LogP contribution in [0.1, 0.15) is 298 Å². The Morgan fingerprint density at radius 2 is 0.270 bits per heavy atom.